The third-order valence-electron chi connectivity index (χ3n) is 5.28. The zero-order valence-corrected chi connectivity index (χ0v) is 20.5. The fourth-order valence-corrected chi connectivity index (χ4v) is 5.34. The molecule has 0 saturated carbocycles. The Balaban J connectivity index is 4.62. The SMILES string of the molecule is CCCCCCCOCC(C)(CC)COP(OCCC#N)C(C(C)C)C(C)C. The average molecular weight is 416 g/mol. The Labute approximate surface area is 176 Å². The topological polar surface area (TPSA) is 51.5 Å². The van der Waals surface area contributed by atoms with Gasteiger partial charge in [-0.05, 0) is 24.7 Å². The number of nitrogens with zero attached hydrogens (tertiary/aromatic N) is 1. The molecule has 0 aliphatic rings. The lowest BCUT2D eigenvalue weighted by Gasteiger charge is -2.35. The van der Waals surface area contributed by atoms with Crippen LogP contribution in [0.5, 0.6) is 0 Å². The van der Waals surface area contributed by atoms with Crippen molar-refractivity contribution in [3.63, 3.8) is 0 Å². The highest BCUT2D eigenvalue weighted by molar-refractivity contribution is 7.48. The first-order chi connectivity index (χ1) is 13.3. The Morgan fingerprint density at radius 2 is 1.54 bits per heavy atom. The fraction of sp³-hybridized carbons (Fsp3) is 0.957. The summed E-state index contributed by atoms with van der Waals surface area (Å²) in [5.41, 5.74) is 0.371. The normalized spacial score (nSPS) is 15.2. The second-order valence-electron chi connectivity index (χ2n) is 8.91. The van der Waals surface area contributed by atoms with Gasteiger partial charge in [-0.3, -0.25) is 0 Å². The molecule has 0 fully saturated rings. The van der Waals surface area contributed by atoms with Gasteiger partial charge in [0.1, 0.15) is 0 Å². The predicted octanol–water partition coefficient (Wildman–Crippen LogP) is 7.33. The van der Waals surface area contributed by atoms with Gasteiger partial charge in [-0.25, -0.2) is 0 Å². The van der Waals surface area contributed by atoms with E-state index in [2.05, 4.69) is 54.5 Å². The van der Waals surface area contributed by atoms with E-state index in [0.29, 0.717) is 37.1 Å². The maximum atomic E-state index is 8.84. The molecule has 0 spiro atoms. The molecular weight excluding hydrogens is 369 g/mol. The maximum absolute atomic E-state index is 8.84. The highest BCUT2D eigenvalue weighted by Crippen LogP contribution is 2.51. The molecule has 166 valence electrons. The quantitative estimate of drug-likeness (QED) is 0.174. The number of ether oxygens (including phenoxy) is 1. The second-order valence-corrected chi connectivity index (χ2v) is 10.6. The van der Waals surface area contributed by atoms with Crippen molar-refractivity contribution in [1.82, 2.24) is 0 Å². The van der Waals surface area contributed by atoms with Crippen LogP contribution in [0.15, 0.2) is 0 Å². The van der Waals surface area contributed by atoms with Gasteiger partial charge < -0.3 is 13.8 Å². The average Bonchev–Trinajstić information content (AvgIpc) is 2.64. The molecule has 4 nitrogen and oxygen atoms in total. The minimum absolute atomic E-state index is 0.00109. The molecule has 2 atom stereocenters. The van der Waals surface area contributed by atoms with Crippen molar-refractivity contribution in [2.75, 3.05) is 26.4 Å². The van der Waals surface area contributed by atoms with Gasteiger partial charge in [0.15, 0.2) is 8.38 Å². The van der Waals surface area contributed by atoms with Gasteiger partial charge in [0, 0.05) is 17.7 Å². The van der Waals surface area contributed by atoms with Crippen LogP contribution in [0.2, 0.25) is 0 Å². The molecule has 0 heterocycles. The zero-order chi connectivity index (χ0) is 21.4. The molecule has 2 unspecified atom stereocenters. The fourth-order valence-electron chi connectivity index (χ4n) is 3.24. The minimum Gasteiger partial charge on any atom is -0.381 e. The maximum Gasteiger partial charge on any atom is 0.174 e. The summed E-state index contributed by atoms with van der Waals surface area (Å²) in [5.74, 6) is 0.973. The smallest absolute Gasteiger partial charge is 0.174 e. The predicted molar refractivity (Wildman–Crippen MR) is 120 cm³/mol. The van der Waals surface area contributed by atoms with Gasteiger partial charge in [-0.1, -0.05) is 74.1 Å². The highest BCUT2D eigenvalue weighted by atomic mass is 31.2. The Morgan fingerprint density at radius 1 is 0.893 bits per heavy atom. The van der Waals surface area contributed by atoms with Gasteiger partial charge in [-0.2, -0.15) is 5.26 Å². The first-order valence-electron chi connectivity index (χ1n) is 11.3. The molecule has 0 aromatic heterocycles. The standard InChI is InChI=1S/C23H46NO3P/c1-8-10-11-12-13-16-25-18-23(7,9-2)19-27-28(26-17-14-15-24)22(20(3)4)21(5)6/h20-22H,8-14,16-19H2,1-7H3. The van der Waals surface area contributed by atoms with Crippen LogP contribution in [0.4, 0.5) is 0 Å². The van der Waals surface area contributed by atoms with Gasteiger partial charge in [0.05, 0.1) is 32.3 Å². The molecule has 5 heteroatoms. The molecule has 0 saturated heterocycles. The van der Waals surface area contributed by atoms with E-state index in [0.717, 1.165) is 26.1 Å². The summed E-state index contributed by atoms with van der Waals surface area (Å²) < 4.78 is 18.5. The third-order valence-corrected chi connectivity index (χ3v) is 7.78. The van der Waals surface area contributed by atoms with E-state index in [9.17, 15) is 0 Å². The molecule has 0 aliphatic carbocycles. The van der Waals surface area contributed by atoms with Crippen LogP contribution in [0.25, 0.3) is 0 Å². The number of hydrogen-bond donors (Lipinski definition) is 0. The summed E-state index contributed by atoms with van der Waals surface area (Å²) in [6.07, 6.45) is 7.74. The van der Waals surface area contributed by atoms with Crippen molar-refractivity contribution in [1.29, 1.82) is 5.26 Å². The first-order valence-corrected chi connectivity index (χ1v) is 12.6. The highest BCUT2D eigenvalue weighted by Gasteiger charge is 2.33. The van der Waals surface area contributed by atoms with E-state index >= 15 is 0 Å². The number of hydrogen-bond acceptors (Lipinski definition) is 4. The lowest BCUT2D eigenvalue weighted by molar-refractivity contribution is 0.0185. The van der Waals surface area contributed by atoms with Crippen LogP contribution < -0.4 is 0 Å². The molecule has 0 rings (SSSR count). The van der Waals surface area contributed by atoms with E-state index in [1.165, 1.54) is 25.7 Å². The van der Waals surface area contributed by atoms with Crippen LogP contribution in [-0.4, -0.2) is 32.1 Å². The Bertz CT molecular complexity index is 403. The summed E-state index contributed by atoms with van der Waals surface area (Å²) >= 11 is 0. The zero-order valence-electron chi connectivity index (χ0n) is 19.6. The summed E-state index contributed by atoms with van der Waals surface area (Å²) in [7, 11) is -1.02. The first kappa shape index (κ1) is 27.8. The Morgan fingerprint density at radius 3 is 2.07 bits per heavy atom. The Hall–Kier alpha value is -0.200. The lowest BCUT2D eigenvalue weighted by Crippen LogP contribution is -2.30. The summed E-state index contributed by atoms with van der Waals surface area (Å²) in [5, 5.41) is 8.84. The second kappa shape index (κ2) is 16.6. The summed E-state index contributed by atoms with van der Waals surface area (Å²) in [6, 6.07) is 2.17. The largest absolute Gasteiger partial charge is 0.381 e. The van der Waals surface area contributed by atoms with E-state index in [-0.39, 0.29) is 5.41 Å². The van der Waals surface area contributed by atoms with Crippen molar-refractivity contribution in [2.24, 2.45) is 17.3 Å². The van der Waals surface area contributed by atoms with Crippen molar-refractivity contribution < 1.29 is 13.8 Å². The molecule has 0 amide bonds. The number of nitriles is 1. The Kier molecular flexibility index (Phi) is 16.5. The summed E-state index contributed by atoms with van der Waals surface area (Å²) in [6.45, 7) is 18.3. The van der Waals surface area contributed by atoms with Crippen molar-refractivity contribution in [3.8, 4) is 6.07 Å². The molecule has 0 radical (unpaired) electrons. The van der Waals surface area contributed by atoms with Crippen molar-refractivity contribution in [2.45, 2.75) is 99.1 Å². The molecule has 0 aromatic rings. The van der Waals surface area contributed by atoms with Crippen molar-refractivity contribution in [3.05, 3.63) is 0 Å². The molecule has 0 aromatic carbocycles. The van der Waals surface area contributed by atoms with Crippen LogP contribution in [0.1, 0.15) is 93.4 Å². The van der Waals surface area contributed by atoms with Crippen LogP contribution >= 0.6 is 8.38 Å². The third kappa shape index (κ3) is 12.4. The van der Waals surface area contributed by atoms with Crippen LogP contribution in [0, 0.1) is 28.6 Å². The summed E-state index contributed by atoms with van der Waals surface area (Å²) in [4.78, 5) is 0. The number of rotatable bonds is 18. The van der Waals surface area contributed by atoms with E-state index in [1.807, 2.05) is 0 Å². The van der Waals surface area contributed by atoms with Crippen LogP contribution in [0.3, 0.4) is 0 Å². The molecule has 28 heavy (non-hydrogen) atoms. The van der Waals surface area contributed by atoms with Gasteiger partial charge in [0.2, 0.25) is 0 Å². The lowest BCUT2D eigenvalue weighted by atomic mass is 9.90. The molecule has 0 bridgehead atoms. The molecule has 0 aliphatic heterocycles. The van der Waals surface area contributed by atoms with Gasteiger partial charge >= 0.3 is 0 Å². The van der Waals surface area contributed by atoms with E-state index < -0.39 is 8.38 Å². The minimum atomic E-state index is -1.02. The van der Waals surface area contributed by atoms with Gasteiger partial charge in [-0.15, -0.1) is 0 Å². The molecule has 0 N–H and O–H groups in total. The van der Waals surface area contributed by atoms with E-state index in [1.54, 1.807) is 0 Å². The van der Waals surface area contributed by atoms with Gasteiger partial charge in [0.25, 0.3) is 0 Å². The van der Waals surface area contributed by atoms with Crippen molar-refractivity contribution >= 4 is 8.38 Å². The van der Waals surface area contributed by atoms with Crippen LogP contribution in [-0.2, 0) is 13.8 Å². The monoisotopic (exact) mass is 415 g/mol. The molecular formula is C23H46NO3P. The number of unbranched alkanes of at least 4 members (excludes halogenated alkanes) is 4. The van der Waals surface area contributed by atoms with E-state index in [4.69, 9.17) is 19.0 Å².